The molecule has 3 unspecified atom stereocenters. The molecule has 3 atom stereocenters. The van der Waals surface area contributed by atoms with Gasteiger partial charge in [-0.1, -0.05) is 86.2 Å². The van der Waals surface area contributed by atoms with Gasteiger partial charge in [-0.2, -0.15) is 0 Å². The molecule has 2 aromatic carbocycles. The van der Waals surface area contributed by atoms with Gasteiger partial charge >= 0.3 is 0 Å². The summed E-state index contributed by atoms with van der Waals surface area (Å²) in [6, 6.07) is 22.4. The third-order valence-corrected chi connectivity index (χ3v) is 6.37. The van der Waals surface area contributed by atoms with Gasteiger partial charge in [0.2, 0.25) is 0 Å². The SMILES string of the molecule is CC(CC1=C(CC(C)c2ccccc2)C(C(C)N(C)C)=CC1)c1ccccc1. The molecule has 0 spiro atoms. The first-order valence-electron chi connectivity index (χ1n) is 10.6. The van der Waals surface area contributed by atoms with Crippen molar-refractivity contribution in [2.24, 2.45) is 0 Å². The number of benzene rings is 2. The first kappa shape index (κ1) is 20.6. The summed E-state index contributed by atoms with van der Waals surface area (Å²) in [5.41, 5.74) is 7.68. The van der Waals surface area contributed by atoms with E-state index in [2.05, 4.69) is 107 Å². The van der Waals surface area contributed by atoms with Gasteiger partial charge in [-0.3, -0.25) is 0 Å². The summed E-state index contributed by atoms with van der Waals surface area (Å²) >= 11 is 0. The van der Waals surface area contributed by atoms with Crippen molar-refractivity contribution in [3.8, 4) is 0 Å². The minimum Gasteiger partial charge on any atom is -0.303 e. The van der Waals surface area contributed by atoms with Gasteiger partial charge in [0.1, 0.15) is 0 Å². The maximum atomic E-state index is 2.49. The Hall–Kier alpha value is -2.12. The smallest absolute Gasteiger partial charge is 0.0313 e. The average Bonchev–Trinajstić information content (AvgIpc) is 3.10. The van der Waals surface area contributed by atoms with Crippen LogP contribution in [0.15, 0.2) is 83.5 Å². The zero-order valence-electron chi connectivity index (χ0n) is 18.2. The number of likely N-dealkylation sites (N-methyl/N-ethyl adjacent to an activating group) is 1. The molecule has 0 aliphatic heterocycles. The lowest BCUT2D eigenvalue weighted by molar-refractivity contribution is 0.352. The van der Waals surface area contributed by atoms with Crippen LogP contribution in [0.3, 0.4) is 0 Å². The molecular weight excluding hydrogens is 338 g/mol. The van der Waals surface area contributed by atoms with Crippen molar-refractivity contribution in [2.75, 3.05) is 14.1 Å². The van der Waals surface area contributed by atoms with E-state index in [1.54, 1.807) is 16.7 Å². The van der Waals surface area contributed by atoms with Crippen molar-refractivity contribution in [1.82, 2.24) is 4.90 Å². The van der Waals surface area contributed by atoms with Crippen LogP contribution in [0.1, 0.15) is 63.0 Å². The van der Waals surface area contributed by atoms with Crippen LogP contribution in [0.5, 0.6) is 0 Å². The molecule has 0 aromatic heterocycles. The maximum Gasteiger partial charge on any atom is 0.0313 e. The third kappa shape index (κ3) is 4.83. The molecule has 3 rings (SSSR count). The van der Waals surface area contributed by atoms with Crippen LogP contribution < -0.4 is 0 Å². The number of hydrogen-bond donors (Lipinski definition) is 0. The van der Waals surface area contributed by atoms with Gasteiger partial charge in [0, 0.05) is 6.04 Å². The maximum absolute atomic E-state index is 2.49. The summed E-state index contributed by atoms with van der Waals surface area (Å²) < 4.78 is 0. The van der Waals surface area contributed by atoms with E-state index in [-0.39, 0.29) is 0 Å². The highest BCUT2D eigenvalue weighted by molar-refractivity contribution is 5.47. The fraction of sp³-hybridized carbons (Fsp3) is 0.407. The molecule has 0 saturated carbocycles. The normalized spacial score (nSPS) is 17.6. The predicted molar refractivity (Wildman–Crippen MR) is 122 cm³/mol. The molecular formula is C27H35N. The van der Waals surface area contributed by atoms with E-state index in [9.17, 15) is 0 Å². The first-order chi connectivity index (χ1) is 13.5. The topological polar surface area (TPSA) is 3.24 Å². The summed E-state index contributed by atoms with van der Waals surface area (Å²) in [6.07, 6.45) is 5.89. The van der Waals surface area contributed by atoms with Gasteiger partial charge < -0.3 is 4.90 Å². The summed E-state index contributed by atoms with van der Waals surface area (Å²) in [7, 11) is 4.38. The number of nitrogens with zero attached hydrogens (tertiary/aromatic N) is 1. The van der Waals surface area contributed by atoms with Crippen LogP contribution in [0.2, 0.25) is 0 Å². The highest BCUT2D eigenvalue weighted by Crippen LogP contribution is 2.40. The van der Waals surface area contributed by atoms with E-state index in [0.717, 1.165) is 19.3 Å². The highest BCUT2D eigenvalue weighted by Gasteiger charge is 2.25. The molecule has 0 N–H and O–H groups in total. The molecule has 0 radical (unpaired) electrons. The third-order valence-electron chi connectivity index (χ3n) is 6.37. The van der Waals surface area contributed by atoms with Crippen LogP contribution in [0.4, 0.5) is 0 Å². The largest absolute Gasteiger partial charge is 0.303 e. The molecule has 0 bridgehead atoms. The van der Waals surface area contributed by atoms with Crippen molar-refractivity contribution in [3.05, 3.63) is 94.6 Å². The van der Waals surface area contributed by atoms with E-state index in [1.165, 1.54) is 11.1 Å². The second-order valence-corrected chi connectivity index (χ2v) is 8.62. The van der Waals surface area contributed by atoms with Gasteiger partial charge in [-0.05, 0) is 74.4 Å². The van der Waals surface area contributed by atoms with Crippen molar-refractivity contribution < 1.29 is 0 Å². The minimum atomic E-state index is 0.461. The fourth-order valence-electron chi connectivity index (χ4n) is 4.33. The number of hydrogen-bond acceptors (Lipinski definition) is 1. The lowest BCUT2D eigenvalue weighted by Gasteiger charge is -2.26. The summed E-state index contributed by atoms with van der Waals surface area (Å²) in [5.74, 6) is 1.09. The molecule has 0 fully saturated rings. The number of rotatable bonds is 8. The van der Waals surface area contributed by atoms with Crippen LogP contribution in [-0.4, -0.2) is 25.0 Å². The average molecular weight is 374 g/mol. The molecule has 0 heterocycles. The van der Waals surface area contributed by atoms with Gasteiger partial charge in [0.25, 0.3) is 0 Å². The van der Waals surface area contributed by atoms with Crippen LogP contribution in [-0.2, 0) is 0 Å². The lowest BCUT2D eigenvalue weighted by Crippen LogP contribution is -2.27. The molecule has 1 nitrogen and oxygen atoms in total. The highest BCUT2D eigenvalue weighted by atomic mass is 15.1. The van der Waals surface area contributed by atoms with Crippen LogP contribution in [0.25, 0.3) is 0 Å². The quantitative estimate of drug-likeness (QED) is 0.484. The molecule has 1 aliphatic rings. The second kappa shape index (κ2) is 9.39. The molecule has 0 saturated heterocycles. The van der Waals surface area contributed by atoms with Crippen molar-refractivity contribution >= 4 is 0 Å². The van der Waals surface area contributed by atoms with E-state index in [0.29, 0.717) is 17.9 Å². The Morgan fingerprint density at radius 3 is 1.75 bits per heavy atom. The Morgan fingerprint density at radius 1 is 0.750 bits per heavy atom. The van der Waals surface area contributed by atoms with Crippen molar-refractivity contribution in [2.45, 2.75) is 57.9 Å². The first-order valence-corrected chi connectivity index (χ1v) is 10.6. The second-order valence-electron chi connectivity index (χ2n) is 8.62. The predicted octanol–water partition coefficient (Wildman–Crippen LogP) is 6.95. The Bertz CT molecular complexity index is 814. The number of allylic oxidation sites excluding steroid dienone is 2. The standard InChI is InChI=1S/C27H35N/c1-20(23-12-8-6-9-13-23)18-25-16-17-26(22(3)28(4)5)27(25)19-21(2)24-14-10-7-11-15-24/h6-15,17,20-22H,16,18-19H2,1-5H3. The molecule has 148 valence electrons. The molecule has 28 heavy (non-hydrogen) atoms. The molecule has 2 aromatic rings. The zero-order valence-corrected chi connectivity index (χ0v) is 18.2. The molecule has 1 heteroatoms. The van der Waals surface area contributed by atoms with Gasteiger partial charge in [-0.25, -0.2) is 0 Å². The van der Waals surface area contributed by atoms with E-state index < -0.39 is 0 Å². The van der Waals surface area contributed by atoms with E-state index in [4.69, 9.17) is 0 Å². The van der Waals surface area contributed by atoms with Gasteiger partial charge in [0.15, 0.2) is 0 Å². The Morgan fingerprint density at radius 2 is 1.25 bits per heavy atom. The van der Waals surface area contributed by atoms with E-state index >= 15 is 0 Å². The summed E-state index contributed by atoms with van der Waals surface area (Å²) in [6.45, 7) is 7.08. The van der Waals surface area contributed by atoms with Crippen molar-refractivity contribution in [1.29, 1.82) is 0 Å². The van der Waals surface area contributed by atoms with E-state index in [1.807, 2.05) is 0 Å². The summed E-state index contributed by atoms with van der Waals surface area (Å²) in [5, 5.41) is 0. The van der Waals surface area contributed by atoms with Crippen LogP contribution >= 0.6 is 0 Å². The Kier molecular flexibility index (Phi) is 6.91. The van der Waals surface area contributed by atoms with Gasteiger partial charge in [0.05, 0.1) is 0 Å². The lowest BCUT2D eigenvalue weighted by atomic mass is 9.85. The minimum absolute atomic E-state index is 0.461. The van der Waals surface area contributed by atoms with Crippen LogP contribution in [0, 0.1) is 0 Å². The summed E-state index contributed by atoms with van der Waals surface area (Å²) in [4.78, 5) is 2.34. The Balaban J connectivity index is 1.86. The zero-order chi connectivity index (χ0) is 20.1. The van der Waals surface area contributed by atoms with Gasteiger partial charge in [-0.15, -0.1) is 0 Å². The molecule has 1 aliphatic carbocycles. The molecule has 0 amide bonds. The fourth-order valence-corrected chi connectivity index (χ4v) is 4.33. The van der Waals surface area contributed by atoms with Crippen molar-refractivity contribution in [3.63, 3.8) is 0 Å². The monoisotopic (exact) mass is 373 g/mol. The Labute approximate surface area is 171 Å².